The summed E-state index contributed by atoms with van der Waals surface area (Å²) in [5.41, 5.74) is 3.37. The van der Waals surface area contributed by atoms with E-state index in [0.29, 0.717) is 6.54 Å². The minimum atomic E-state index is -0.146. The summed E-state index contributed by atoms with van der Waals surface area (Å²) in [7, 11) is 2.25. The summed E-state index contributed by atoms with van der Waals surface area (Å²) in [5.74, 6) is 0. The van der Waals surface area contributed by atoms with E-state index in [1.807, 2.05) is 30.3 Å². The quantitative estimate of drug-likeness (QED) is 0.612. The fourth-order valence-electron chi connectivity index (χ4n) is 3.53. The van der Waals surface area contributed by atoms with Gasteiger partial charge in [0.15, 0.2) is 0 Å². The van der Waals surface area contributed by atoms with E-state index in [9.17, 15) is 4.79 Å². The van der Waals surface area contributed by atoms with Crippen molar-refractivity contribution in [1.82, 2.24) is 5.32 Å². The number of likely N-dealkylation sites (N-methyl/N-ethyl adjacent to an activating group) is 1. The highest BCUT2D eigenvalue weighted by molar-refractivity contribution is 5.89. The van der Waals surface area contributed by atoms with Crippen molar-refractivity contribution in [3.05, 3.63) is 65.7 Å². The lowest BCUT2D eigenvalue weighted by atomic mass is 10.0. The van der Waals surface area contributed by atoms with Crippen LogP contribution in [0.25, 0.3) is 0 Å². The summed E-state index contributed by atoms with van der Waals surface area (Å²) in [6.45, 7) is 7.35. The topological polar surface area (TPSA) is 50.0 Å². The van der Waals surface area contributed by atoms with Gasteiger partial charge >= 0.3 is 6.03 Å². The van der Waals surface area contributed by atoms with Crippen LogP contribution in [-0.2, 0) is 0 Å². The number of nitrogens with one attached hydrogen (secondary N) is 4. The Morgan fingerprint density at radius 2 is 1.65 bits per heavy atom. The molecule has 0 radical (unpaired) electrons. The smallest absolute Gasteiger partial charge is 0.319 e. The highest BCUT2D eigenvalue weighted by Crippen LogP contribution is 2.11. The van der Waals surface area contributed by atoms with Gasteiger partial charge in [-0.3, -0.25) is 0 Å². The number of para-hydroxylation sites is 1. The number of carbonyl (C=O) groups excluding carboxylic acids is 1. The predicted octanol–water partition coefficient (Wildman–Crippen LogP) is 0.271. The van der Waals surface area contributed by atoms with Gasteiger partial charge in [0, 0.05) is 11.3 Å². The molecule has 26 heavy (non-hydrogen) atoms. The second-order valence-electron chi connectivity index (χ2n) is 7.28. The second kappa shape index (κ2) is 8.83. The van der Waals surface area contributed by atoms with Crippen molar-refractivity contribution in [2.75, 3.05) is 45.1 Å². The average Bonchev–Trinajstić information content (AvgIpc) is 2.65. The number of amides is 2. The Hall–Kier alpha value is -2.37. The standard InChI is InChI=1S/C21H28N4O/c1-17-8-10-18(11-9-17)20(25-14-12-24(2)13-15-25)16-22-21(26)23-19-6-4-3-5-7-19/h3-11,20H,12-16H2,1-2H3,(H2,22,23,26)/p+2/t20-/m0/s1. The number of hydrogen-bond donors (Lipinski definition) is 4. The maximum Gasteiger partial charge on any atom is 0.319 e. The van der Waals surface area contributed by atoms with Gasteiger partial charge in [0.2, 0.25) is 0 Å². The number of rotatable bonds is 5. The van der Waals surface area contributed by atoms with Crippen LogP contribution in [0.4, 0.5) is 10.5 Å². The first-order valence-corrected chi connectivity index (χ1v) is 9.44. The van der Waals surface area contributed by atoms with Crippen LogP contribution in [0.15, 0.2) is 54.6 Å². The van der Waals surface area contributed by atoms with E-state index in [-0.39, 0.29) is 12.1 Å². The van der Waals surface area contributed by atoms with Crippen molar-refractivity contribution in [3.8, 4) is 0 Å². The van der Waals surface area contributed by atoms with E-state index in [0.717, 1.165) is 18.8 Å². The van der Waals surface area contributed by atoms with Crippen LogP contribution in [0.3, 0.4) is 0 Å². The number of piperazine rings is 1. The molecule has 2 aromatic rings. The van der Waals surface area contributed by atoms with Gasteiger partial charge in [0.1, 0.15) is 32.2 Å². The first-order valence-electron chi connectivity index (χ1n) is 9.44. The molecule has 1 aliphatic heterocycles. The van der Waals surface area contributed by atoms with Gasteiger partial charge in [-0.15, -0.1) is 0 Å². The Bertz CT molecular complexity index is 694. The number of carbonyl (C=O) groups is 1. The molecule has 1 fully saturated rings. The predicted molar refractivity (Wildman–Crippen MR) is 105 cm³/mol. The number of aryl methyl sites for hydroxylation is 1. The number of hydrogen-bond acceptors (Lipinski definition) is 1. The molecule has 5 nitrogen and oxygen atoms in total. The highest BCUT2D eigenvalue weighted by atomic mass is 16.2. The Kier molecular flexibility index (Phi) is 6.26. The number of benzene rings is 2. The van der Waals surface area contributed by atoms with Crippen LogP contribution < -0.4 is 20.4 Å². The van der Waals surface area contributed by atoms with Crippen molar-refractivity contribution in [1.29, 1.82) is 0 Å². The number of quaternary nitrogens is 2. The monoisotopic (exact) mass is 354 g/mol. The van der Waals surface area contributed by atoms with Gasteiger partial charge in [-0.25, -0.2) is 4.79 Å². The maximum absolute atomic E-state index is 12.3. The number of anilines is 1. The summed E-state index contributed by atoms with van der Waals surface area (Å²) < 4.78 is 0. The molecule has 0 aromatic heterocycles. The summed E-state index contributed by atoms with van der Waals surface area (Å²) in [5, 5.41) is 5.98. The summed E-state index contributed by atoms with van der Waals surface area (Å²) in [6, 6.07) is 18.4. The molecule has 1 heterocycles. The lowest BCUT2D eigenvalue weighted by Crippen LogP contribution is -3.27. The Morgan fingerprint density at radius 1 is 1.00 bits per heavy atom. The van der Waals surface area contributed by atoms with Crippen molar-refractivity contribution < 1.29 is 14.6 Å². The lowest BCUT2D eigenvalue weighted by Gasteiger charge is -2.33. The molecule has 2 aromatic carbocycles. The molecule has 1 aliphatic rings. The molecule has 0 unspecified atom stereocenters. The molecule has 138 valence electrons. The fourth-order valence-corrected chi connectivity index (χ4v) is 3.53. The van der Waals surface area contributed by atoms with E-state index in [2.05, 4.69) is 48.9 Å². The normalized spacial score (nSPS) is 21.0. The average molecular weight is 354 g/mol. The third kappa shape index (κ3) is 5.07. The van der Waals surface area contributed by atoms with Crippen LogP contribution >= 0.6 is 0 Å². The zero-order chi connectivity index (χ0) is 18.4. The third-order valence-electron chi connectivity index (χ3n) is 5.22. The molecular weight excluding hydrogens is 324 g/mol. The third-order valence-corrected chi connectivity index (χ3v) is 5.22. The lowest BCUT2D eigenvalue weighted by molar-refractivity contribution is -1.02. The minimum Gasteiger partial charge on any atom is -0.332 e. The van der Waals surface area contributed by atoms with Gasteiger partial charge in [-0.05, 0) is 19.1 Å². The second-order valence-corrected chi connectivity index (χ2v) is 7.28. The Labute approximate surface area is 156 Å². The van der Waals surface area contributed by atoms with Crippen LogP contribution in [0, 0.1) is 6.92 Å². The fraction of sp³-hybridized carbons (Fsp3) is 0.381. The van der Waals surface area contributed by atoms with E-state index in [1.54, 1.807) is 9.80 Å². The summed E-state index contributed by atoms with van der Waals surface area (Å²) in [4.78, 5) is 15.4. The van der Waals surface area contributed by atoms with Crippen LogP contribution in [0.2, 0.25) is 0 Å². The van der Waals surface area contributed by atoms with Gasteiger partial charge in [-0.1, -0.05) is 48.0 Å². The molecule has 1 saturated heterocycles. The first-order chi connectivity index (χ1) is 12.6. The molecule has 0 aliphatic carbocycles. The van der Waals surface area contributed by atoms with Crippen LogP contribution in [0.5, 0.6) is 0 Å². The van der Waals surface area contributed by atoms with Crippen LogP contribution in [0.1, 0.15) is 17.2 Å². The Balaban J connectivity index is 1.65. The molecule has 2 amide bonds. The highest BCUT2D eigenvalue weighted by Gasteiger charge is 2.29. The SMILES string of the molecule is Cc1ccc([C@H](CNC(=O)Nc2ccccc2)[NH+]2CC[NH+](C)CC2)cc1. The molecule has 0 saturated carbocycles. The van der Waals surface area contributed by atoms with E-state index < -0.39 is 0 Å². The van der Waals surface area contributed by atoms with Crippen molar-refractivity contribution in [2.24, 2.45) is 0 Å². The Morgan fingerprint density at radius 3 is 2.31 bits per heavy atom. The maximum atomic E-state index is 12.3. The molecular formula is C21H30N4O+2. The van der Waals surface area contributed by atoms with Crippen LogP contribution in [-0.4, -0.2) is 45.8 Å². The van der Waals surface area contributed by atoms with E-state index >= 15 is 0 Å². The molecule has 4 N–H and O–H groups in total. The van der Waals surface area contributed by atoms with Gasteiger partial charge in [0.05, 0.1) is 13.6 Å². The zero-order valence-electron chi connectivity index (χ0n) is 15.7. The van der Waals surface area contributed by atoms with Gasteiger partial charge in [0.25, 0.3) is 0 Å². The van der Waals surface area contributed by atoms with Crippen molar-refractivity contribution in [3.63, 3.8) is 0 Å². The minimum absolute atomic E-state index is 0.146. The molecule has 1 atom stereocenters. The first kappa shape index (κ1) is 18.4. The largest absolute Gasteiger partial charge is 0.332 e. The van der Waals surface area contributed by atoms with Crippen molar-refractivity contribution in [2.45, 2.75) is 13.0 Å². The van der Waals surface area contributed by atoms with E-state index in [1.165, 1.54) is 24.2 Å². The summed E-state index contributed by atoms with van der Waals surface area (Å²) >= 11 is 0. The van der Waals surface area contributed by atoms with Gasteiger partial charge < -0.3 is 20.4 Å². The molecule has 5 heteroatoms. The number of urea groups is 1. The molecule has 0 spiro atoms. The van der Waals surface area contributed by atoms with E-state index in [4.69, 9.17) is 0 Å². The summed E-state index contributed by atoms with van der Waals surface area (Å²) in [6.07, 6.45) is 0. The zero-order valence-corrected chi connectivity index (χ0v) is 15.7. The molecule has 0 bridgehead atoms. The van der Waals surface area contributed by atoms with Crippen molar-refractivity contribution >= 4 is 11.7 Å². The molecule has 3 rings (SSSR count). The van der Waals surface area contributed by atoms with Gasteiger partial charge in [-0.2, -0.15) is 0 Å².